The summed E-state index contributed by atoms with van der Waals surface area (Å²) in [6, 6.07) is 8.50. The van der Waals surface area contributed by atoms with Gasteiger partial charge >= 0.3 is 0 Å². The van der Waals surface area contributed by atoms with Crippen LogP contribution in [0.4, 0.5) is 8.78 Å². The first-order valence-corrected chi connectivity index (χ1v) is 8.70. The topological polar surface area (TPSA) is 12.4 Å². The van der Waals surface area contributed by atoms with Crippen molar-refractivity contribution in [3.05, 3.63) is 69.2 Å². The van der Waals surface area contributed by atoms with Gasteiger partial charge in [0.2, 0.25) is 0 Å². The van der Waals surface area contributed by atoms with Crippen molar-refractivity contribution in [3.63, 3.8) is 0 Å². The standard InChI is InChI=1S/C9H7ClFNS.C7H5BrClF/c10-9-2-1-8(11)5-7(9)6-12-3-4-13;8-4-5-3-6(10)1-2-7(5)9/h1-5H,6H2;1-3H,4H2. The van der Waals surface area contributed by atoms with Gasteiger partial charge in [-0.15, -0.1) is 0 Å². The highest BCUT2D eigenvalue weighted by atomic mass is 79.9. The lowest BCUT2D eigenvalue weighted by Gasteiger charge is -1.99. The summed E-state index contributed by atoms with van der Waals surface area (Å²) < 4.78 is 25.2. The molecule has 0 aromatic heterocycles. The summed E-state index contributed by atoms with van der Waals surface area (Å²) in [6.07, 6.45) is 1.48. The van der Waals surface area contributed by atoms with E-state index in [4.69, 9.17) is 23.2 Å². The quantitative estimate of drug-likeness (QED) is 0.304. The minimum atomic E-state index is -0.308. The molecule has 0 aliphatic rings. The van der Waals surface area contributed by atoms with E-state index in [0.29, 0.717) is 27.5 Å². The third-order valence-corrected chi connectivity index (χ3v) is 4.05. The molecule has 0 aliphatic heterocycles. The van der Waals surface area contributed by atoms with E-state index in [9.17, 15) is 8.78 Å². The zero-order valence-corrected chi connectivity index (χ0v) is 15.7. The normalized spacial score (nSPS) is 10.3. The van der Waals surface area contributed by atoms with Gasteiger partial charge in [0.05, 0.1) is 6.54 Å². The first kappa shape index (κ1) is 20.2. The van der Waals surface area contributed by atoms with Gasteiger partial charge in [-0.1, -0.05) is 51.3 Å². The molecule has 0 atom stereocenters. The maximum atomic E-state index is 12.7. The fourth-order valence-electron chi connectivity index (χ4n) is 1.50. The van der Waals surface area contributed by atoms with Crippen LogP contribution < -0.4 is 0 Å². The van der Waals surface area contributed by atoms with Gasteiger partial charge in [-0.25, -0.2) is 8.78 Å². The van der Waals surface area contributed by atoms with Gasteiger partial charge in [0.25, 0.3) is 0 Å². The molecular weight excluding hydrogens is 427 g/mol. The number of halogens is 5. The van der Waals surface area contributed by atoms with E-state index >= 15 is 0 Å². The van der Waals surface area contributed by atoms with E-state index in [2.05, 4.69) is 33.1 Å². The molecule has 0 saturated heterocycles. The summed E-state index contributed by atoms with van der Waals surface area (Å²) in [5, 5.41) is 3.10. The predicted octanol–water partition coefficient (Wildman–Crippen LogP) is 6.42. The molecule has 23 heavy (non-hydrogen) atoms. The molecule has 0 spiro atoms. The van der Waals surface area contributed by atoms with Crippen LogP contribution in [0, 0.1) is 11.6 Å². The number of hydrogen-bond acceptors (Lipinski definition) is 2. The van der Waals surface area contributed by atoms with Crippen molar-refractivity contribution in [2.75, 3.05) is 0 Å². The molecule has 0 amide bonds. The molecular formula is C16H12BrCl2F2NS. The van der Waals surface area contributed by atoms with Crippen molar-refractivity contribution >= 4 is 62.9 Å². The Hall–Kier alpha value is -0.880. The average Bonchev–Trinajstić information content (AvgIpc) is 2.54. The summed E-state index contributed by atoms with van der Waals surface area (Å²) in [5.41, 5.74) is 1.44. The molecule has 0 unspecified atom stereocenters. The molecule has 1 nitrogen and oxygen atoms in total. The Kier molecular flexibility index (Phi) is 9.48. The van der Waals surface area contributed by atoms with E-state index in [0.717, 1.165) is 5.56 Å². The zero-order chi connectivity index (χ0) is 17.2. The number of alkyl halides is 1. The Balaban J connectivity index is 0.000000238. The Labute approximate surface area is 157 Å². The van der Waals surface area contributed by atoms with E-state index in [1.807, 2.05) is 0 Å². The monoisotopic (exact) mass is 437 g/mol. The van der Waals surface area contributed by atoms with Gasteiger partial charge < -0.3 is 0 Å². The van der Waals surface area contributed by atoms with Crippen LogP contribution in [0.25, 0.3) is 0 Å². The molecule has 2 aromatic carbocycles. The number of aliphatic imine (C=N–C) groups is 1. The van der Waals surface area contributed by atoms with Crippen molar-refractivity contribution in [3.8, 4) is 0 Å². The minimum absolute atomic E-state index is 0.251. The lowest BCUT2D eigenvalue weighted by molar-refractivity contribution is 0.625. The third-order valence-electron chi connectivity index (χ3n) is 2.59. The van der Waals surface area contributed by atoms with Crippen LogP contribution in [0.15, 0.2) is 41.4 Å². The number of benzene rings is 2. The second-order valence-electron chi connectivity index (χ2n) is 4.23. The van der Waals surface area contributed by atoms with E-state index in [-0.39, 0.29) is 11.6 Å². The highest BCUT2D eigenvalue weighted by molar-refractivity contribution is 9.08. The smallest absolute Gasteiger partial charge is 0.123 e. The van der Waals surface area contributed by atoms with Crippen molar-refractivity contribution in [1.82, 2.24) is 0 Å². The third kappa shape index (κ3) is 7.48. The zero-order valence-electron chi connectivity index (χ0n) is 11.8. The van der Waals surface area contributed by atoms with Crippen LogP contribution in [0.1, 0.15) is 11.1 Å². The maximum absolute atomic E-state index is 12.7. The van der Waals surface area contributed by atoms with Gasteiger partial charge in [0, 0.05) is 27.0 Å². The largest absolute Gasteiger partial charge is 0.288 e. The lowest BCUT2D eigenvalue weighted by Crippen LogP contribution is -1.86. The fourth-order valence-corrected chi connectivity index (χ4v) is 2.58. The first-order valence-electron chi connectivity index (χ1n) is 6.35. The summed E-state index contributed by atoms with van der Waals surface area (Å²) in [4.78, 5) is 3.93. The Morgan fingerprint density at radius 3 is 2.00 bits per heavy atom. The summed E-state index contributed by atoms with van der Waals surface area (Å²) in [5.74, 6) is -0.559. The van der Waals surface area contributed by atoms with Crippen LogP contribution in [-0.2, 0) is 11.9 Å². The van der Waals surface area contributed by atoms with Crippen molar-refractivity contribution in [2.24, 2.45) is 4.99 Å². The molecule has 2 rings (SSSR count). The molecule has 0 aliphatic carbocycles. The highest BCUT2D eigenvalue weighted by Gasteiger charge is 2.00. The molecule has 0 heterocycles. The van der Waals surface area contributed by atoms with Gasteiger partial charge in [-0.3, -0.25) is 4.99 Å². The minimum Gasteiger partial charge on any atom is -0.288 e. The van der Waals surface area contributed by atoms with E-state index < -0.39 is 0 Å². The Morgan fingerprint density at radius 2 is 1.52 bits per heavy atom. The summed E-state index contributed by atoms with van der Waals surface area (Å²) in [7, 11) is 0. The Bertz CT molecular complexity index is 696. The fraction of sp³-hybridized carbons (Fsp3) is 0.125. The van der Waals surface area contributed by atoms with E-state index in [1.165, 1.54) is 41.9 Å². The van der Waals surface area contributed by atoms with Crippen LogP contribution in [-0.4, -0.2) is 11.6 Å². The van der Waals surface area contributed by atoms with Gasteiger partial charge in [-0.2, -0.15) is 0 Å². The number of hydrogen-bond donors (Lipinski definition) is 0. The van der Waals surface area contributed by atoms with Crippen LogP contribution in [0.5, 0.6) is 0 Å². The molecule has 2 aromatic rings. The van der Waals surface area contributed by atoms with Crippen LogP contribution in [0.3, 0.4) is 0 Å². The average molecular weight is 439 g/mol. The highest BCUT2D eigenvalue weighted by Crippen LogP contribution is 2.19. The van der Waals surface area contributed by atoms with Crippen LogP contribution in [0.2, 0.25) is 10.0 Å². The Morgan fingerprint density at radius 1 is 1.00 bits per heavy atom. The molecule has 0 bridgehead atoms. The lowest BCUT2D eigenvalue weighted by atomic mass is 10.2. The number of thiocarbonyl (C=S) groups is 1. The summed E-state index contributed by atoms with van der Waals surface area (Å²) in [6.45, 7) is 0.351. The van der Waals surface area contributed by atoms with E-state index in [1.54, 1.807) is 6.07 Å². The van der Waals surface area contributed by atoms with Gasteiger partial charge in [0.15, 0.2) is 0 Å². The van der Waals surface area contributed by atoms with Crippen molar-refractivity contribution in [1.29, 1.82) is 0 Å². The molecule has 0 radical (unpaired) electrons. The van der Waals surface area contributed by atoms with Crippen LogP contribution >= 0.6 is 51.3 Å². The SMILES string of the molecule is Fc1ccc(Cl)c(CBr)c1.Fc1ccc(Cl)c(CN=CC=S)c1. The maximum Gasteiger partial charge on any atom is 0.123 e. The summed E-state index contributed by atoms with van der Waals surface area (Å²) >= 11 is 19.2. The van der Waals surface area contributed by atoms with Gasteiger partial charge in [-0.05, 0) is 47.5 Å². The second-order valence-corrected chi connectivity index (χ2v) is 5.88. The van der Waals surface area contributed by atoms with Crippen molar-refractivity contribution in [2.45, 2.75) is 11.9 Å². The molecule has 122 valence electrons. The molecule has 7 heteroatoms. The van der Waals surface area contributed by atoms with Crippen molar-refractivity contribution < 1.29 is 8.78 Å². The second kappa shape index (κ2) is 10.8. The number of nitrogens with zero attached hydrogens (tertiary/aromatic N) is 1. The predicted molar refractivity (Wildman–Crippen MR) is 101 cm³/mol. The number of rotatable bonds is 4. The first-order chi connectivity index (χ1) is 11.0. The molecule has 0 saturated carbocycles. The molecule has 0 N–H and O–H groups in total. The molecule has 0 fully saturated rings. The van der Waals surface area contributed by atoms with Gasteiger partial charge in [0.1, 0.15) is 11.6 Å².